The van der Waals surface area contributed by atoms with E-state index in [-0.39, 0.29) is 5.82 Å². The van der Waals surface area contributed by atoms with Gasteiger partial charge in [0, 0.05) is 37.3 Å². The number of halogens is 1. The first-order chi connectivity index (χ1) is 7.09. The van der Waals surface area contributed by atoms with Gasteiger partial charge in [0.1, 0.15) is 5.82 Å². The van der Waals surface area contributed by atoms with E-state index in [1.807, 2.05) is 25.1 Å². The van der Waals surface area contributed by atoms with Crippen LogP contribution in [0.25, 0.3) is 5.57 Å². The lowest BCUT2D eigenvalue weighted by molar-refractivity contribution is 0.371. The molecule has 0 aromatic heterocycles. The standard InChI is InChI=1S/C12H14FNO/c1-14(2)8-3-4-9(11(13)7-8)10-5-6-12(10)15/h3-4,7,15H,5-6H2,1-2H3. The minimum atomic E-state index is -0.262. The fourth-order valence-corrected chi connectivity index (χ4v) is 1.68. The van der Waals surface area contributed by atoms with Gasteiger partial charge in [-0.15, -0.1) is 0 Å². The molecule has 0 radical (unpaired) electrons. The van der Waals surface area contributed by atoms with Crippen LogP contribution in [0.1, 0.15) is 18.4 Å². The molecule has 0 atom stereocenters. The molecule has 80 valence electrons. The molecule has 1 N–H and O–H groups in total. The molecule has 0 unspecified atom stereocenters. The highest BCUT2D eigenvalue weighted by atomic mass is 19.1. The molecule has 0 aliphatic heterocycles. The Kier molecular flexibility index (Phi) is 2.39. The number of nitrogens with zero attached hydrogens (tertiary/aromatic N) is 1. The topological polar surface area (TPSA) is 23.5 Å². The average Bonchev–Trinajstić information content (AvgIpc) is 2.18. The van der Waals surface area contributed by atoms with E-state index in [2.05, 4.69) is 0 Å². The molecule has 0 bridgehead atoms. The molecule has 2 rings (SSSR count). The molecule has 0 amide bonds. The highest BCUT2D eigenvalue weighted by Gasteiger charge is 2.20. The average molecular weight is 207 g/mol. The molecule has 1 aromatic carbocycles. The van der Waals surface area contributed by atoms with E-state index < -0.39 is 0 Å². The summed E-state index contributed by atoms with van der Waals surface area (Å²) in [5.74, 6) is 0.0638. The van der Waals surface area contributed by atoms with Gasteiger partial charge in [0.05, 0.1) is 5.76 Å². The van der Waals surface area contributed by atoms with Gasteiger partial charge in [0.2, 0.25) is 0 Å². The van der Waals surface area contributed by atoms with Crippen molar-refractivity contribution in [3.8, 4) is 0 Å². The van der Waals surface area contributed by atoms with Crippen LogP contribution in [0.4, 0.5) is 10.1 Å². The number of aliphatic hydroxyl groups is 1. The van der Waals surface area contributed by atoms with Crippen molar-refractivity contribution in [1.82, 2.24) is 0 Å². The van der Waals surface area contributed by atoms with Crippen LogP contribution in [-0.4, -0.2) is 19.2 Å². The summed E-state index contributed by atoms with van der Waals surface area (Å²) in [5.41, 5.74) is 2.11. The zero-order valence-electron chi connectivity index (χ0n) is 8.92. The second-order valence-corrected chi connectivity index (χ2v) is 3.98. The van der Waals surface area contributed by atoms with Crippen molar-refractivity contribution >= 4 is 11.3 Å². The molecule has 2 nitrogen and oxygen atoms in total. The summed E-state index contributed by atoms with van der Waals surface area (Å²) in [6, 6.07) is 5.08. The van der Waals surface area contributed by atoms with Crippen molar-refractivity contribution in [3.05, 3.63) is 35.3 Å². The summed E-state index contributed by atoms with van der Waals surface area (Å²) in [5, 5.41) is 9.37. The van der Waals surface area contributed by atoms with E-state index in [1.165, 1.54) is 6.07 Å². The van der Waals surface area contributed by atoms with E-state index in [1.54, 1.807) is 6.07 Å². The fourth-order valence-electron chi connectivity index (χ4n) is 1.68. The van der Waals surface area contributed by atoms with Crippen LogP contribution in [0.15, 0.2) is 24.0 Å². The lowest BCUT2D eigenvalue weighted by Crippen LogP contribution is -2.10. The van der Waals surface area contributed by atoms with Gasteiger partial charge in [0.15, 0.2) is 0 Å². The second-order valence-electron chi connectivity index (χ2n) is 3.98. The Labute approximate surface area is 88.6 Å². The van der Waals surface area contributed by atoms with Gasteiger partial charge in [-0.05, 0) is 24.6 Å². The van der Waals surface area contributed by atoms with Gasteiger partial charge in [-0.25, -0.2) is 4.39 Å². The van der Waals surface area contributed by atoms with Gasteiger partial charge in [-0.3, -0.25) is 0 Å². The molecule has 3 heteroatoms. The van der Waals surface area contributed by atoms with Gasteiger partial charge in [-0.2, -0.15) is 0 Å². The summed E-state index contributed by atoms with van der Waals surface area (Å²) in [6.07, 6.45) is 1.44. The largest absolute Gasteiger partial charge is 0.512 e. The number of rotatable bonds is 2. The minimum absolute atomic E-state index is 0.262. The molecule has 1 aliphatic carbocycles. The van der Waals surface area contributed by atoms with Crippen LogP contribution in [0.5, 0.6) is 0 Å². The molecule has 1 aromatic rings. The lowest BCUT2D eigenvalue weighted by Gasteiger charge is -2.20. The SMILES string of the molecule is CN(C)c1ccc(C2=C(O)CC2)c(F)c1. The first-order valence-corrected chi connectivity index (χ1v) is 4.98. The van der Waals surface area contributed by atoms with Gasteiger partial charge in [-0.1, -0.05) is 0 Å². The molecule has 0 spiro atoms. The molecule has 0 saturated carbocycles. The smallest absolute Gasteiger partial charge is 0.132 e. The van der Waals surface area contributed by atoms with Crippen LogP contribution in [0, 0.1) is 5.82 Å². The number of allylic oxidation sites excluding steroid dienone is 2. The van der Waals surface area contributed by atoms with E-state index in [0.717, 1.165) is 17.7 Å². The van der Waals surface area contributed by atoms with Crippen molar-refractivity contribution in [1.29, 1.82) is 0 Å². The number of aliphatic hydroxyl groups excluding tert-OH is 1. The van der Waals surface area contributed by atoms with Crippen molar-refractivity contribution in [2.24, 2.45) is 0 Å². The predicted molar refractivity (Wildman–Crippen MR) is 59.5 cm³/mol. The number of hydrogen-bond acceptors (Lipinski definition) is 2. The lowest BCUT2D eigenvalue weighted by atomic mass is 9.89. The van der Waals surface area contributed by atoms with Crippen LogP contribution < -0.4 is 4.90 Å². The fraction of sp³-hybridized carbons (Fsp3) is 0.333. The number of anilines is 1. The molecule has 1 aliphatic rings. The zero-order chi connectivity index (χ0) is 11.0. The summed E-state index contributed by atoms with van der Waals surface area (Å²) in [7, 11) is 3.74. The molecular formula is C12H14FNO. The third kappa shape index (κ3) is 1.69. The zero-order valence-corrected chi connectivity index (χ0v) is 8.92. The Morgan fingerprint density at radius 3 is 2.40 bits per heavy atom. The van der Waals surface area contributed by atoms with Crippen LogP contribution in [0.3, 0.4) is 0 Å². The Hall–Kier alpha value is -1.51. The van der Waals surface area contributed by atoms with Crippen LogP contribution in [0.2, 0.25) is 0 Å². The van der Waals surface area contributed by atoms with Gasteiger partial charge < -0.3 is 10.0 Å². The molecule has 0 saturated heterocycles. The normalized spacial score (nSPS) is 15.1. The maximum Gasteiger partial charge on any atom is 0.132 e. The van der Waals surface area contributed by atoms with Crippen molar-refractivity contribution in [2.75, 3.05) is 19.0 Å². The third-order valence-corrected chi connectivity index (χ3v) is 2.75. The molecule has 15 heavy (non-hydrogen) atoms. The molecule has 0 heterocycles. The van der Waals surface area contributed by atoms with Crippen LogP contribution in [-0.2, 0) is 0 Å². The van der Waals surface area contributed by atoms with Gasteiger partial charge >= 0.3 is 0 Å². The van der Waals surface area contributed by atoms with Crippen LogP contribution >= 0.6 is 0 Å². The Morgan fingerprint density at radius 2 is 2.00 bits per heavy atom. The molecule has 0 fully saturated rings. The summed E-state index contributed by atoms with van der Waals surface area (Å²) in [6.45, 7) is 0. The Balaban J connectivity index is 2.40. The maximum absolute atomic E-state index is 13.7. The van der Waals surface area contributed by atoms with Gasteiger partial charge in [0.25, 0.3) is 0 Å². The first kappa shape index (κ1) is 10.0. The van der Waals surface area contributed by atoms with E-state index in [9.17, 15) is 9.50 Å². The minimum Gasteiger partial charge on any atom is -0.512 e. The second kappa shape index (κ2) is 3.57. The third-order valence-electron chi connectivity index (χ3n) is 2.75. The highest BCUT2D eigenvalue weighted by Crippen LogP contribution is 2.36. The van der Waals surface area contributed by atoms with Crippen molar-refractivity contribution < 1.29 is 9.50 Å². The number of hydrogen-bond donors (Lipinski definition) is 1. The first-order valence-electron chi connectivity index (χ1n) is 4.98. The predicted octanol–water partition coefficient (Wildman–Crippen LogP) is 2.95. The quantitative estimate of drug-likeness (QED) is 0.806. The van der Waals surface area contributed by atoms with E-state index in [4.69, 9.17) is 0 Å². The summed E-state index contributed by atoms with van der Waals surface area (Å²) >= 11 is 0. The summed E-state index contributed by atoms with van der Waals surface area (Å²) < 4.78 is 13.7. The Morgan fingerprint density at radius 1 is 1.27 bits per heavy atom. The van der Waals surface area contributed by atoms with Crippen molar-refractivity contribution in [2.45, 2.75) is 12.8 Å². The molecular weight excluding hydrogens is 193 g/mol. The summed E-state index contributed by atoms with van der Waals surface area (Å²) in [4.78, 5) is 1.85. The number of benzene rings is 1. The maximum atomic E-state index is 13.7. The Bertz CT molecular complexity index is 424. The monoisotopic (exact) mass is 207 g/mol. The van der Waals surface area contributed by atoms with E-state index >= 15 is 0 Å². The van der Waals surface area contributed by atoms with Crippen molar-refractivity contribution in [3.63, 3.8) is 0 Å². The van der Waals surface area contributed by atoms with E-state index in [0.29, 0.717) is 17.7 Å². The highest BCUT2D eigenvalue weighted by molar-refractivity contribution is 5.73.